The van der Waals surface area contributed by atoms with Crippen molar-refractivity contribution in [3.05, 3.63) is 5.53 Å². The molecule has 0 bridgehead atoms. The highest BCUT2D eigenvalue weighted by Gasteiger charge is 2.39. The van der Waals surface area contributed by atoms with Gasteiger partial charge in [0, 0.05) is 25.7 Å². The van der Waals surface area contributed by atoms with E-state index < -0.39 is 0 Å². The molecule has 0 unspecified atom stereocenters. The summed E-state index contributed by atoms with van der Waals surface area (Å²) in [6, 6.07) is 0. The molecule has 0 heterocycles. The third kappa shape index (κ3) is 1.78. The minimum atomic E-state index is 0.267. The van der Waals surface area contributed by atoms with Gasteiger partial charge in [-0.05, 0) is 31.1 Å². The minimum Gasteiger partial charge on any atom is -0.362 e. The average molecular weight is 192 g/mol. The van der Waals surface area contributed by atoms with Gasteiger partial charge in [-0.25, -0.2) is 0 Å². The van der Waals surface area contributed by atoms with Crippen LogP contribution < -0.4 is 0 Å². The Balaban J connectivity index is 2.04. The highest BCUT2D eigenvalue weighted by Crippen LogP contribution is 2.45. The number of carbonyl (C=O) groups is 1. The van der Waals surface area contributed by atoms with E-state index in [-0.39, 0.29) is 5.41 Å². The summed E-state index contributed by atoms with van der Waals surface area (Å²) < 4.78 is 0. The molecular formula is C11H16N2O. The molecule has 0 radical (unpaired) electrons. The molecule has 0 atom stereocenters. The van der Waals surface area contributed by atoms with Crippen LogP contribution in [-0.4, -0.2) is 16.3 Å². The van der Waals surface area contributed by atoms with Crippen molar-refractivity contribution in [1.29, 1.82) is 0 Å². The molecule has 2 rings (SSSR count). The Morgan fingerprint density at radius 2 is 1.86 bits per heavy atom. The molecule has 0 aromatic carbocycles. The Morgan fingerprint density at radius 3 is 2.43 bits per heavy atom. The van der Waals surface area contributed by atoms with Gasteiger partial charge in [-0.1, -0.05) is 0 Å². The molecule has 2 aliphatic carbocycles. The maximum absolute atomic E-state index is 11.4. The summed E-state index contributed by atoms with van der Waals surface area (Å²) in [5, 5.41) is 0. The quantitative estimate of drug-likeness (QED) is 0.429. The van der Waals surface area contributed by atoms with Gasteiger partial charge in [0.25, 0.3) is 5.71 Å². The molecule has 0 amide bonds. The SMILES string of the molecule is [N-]=[N+]=C1CCC2(CCCC(=O)C2)CC1. The zero-order chi connectivity index (χ0) is 10.0. The lowest BCUT2D eigenvalue weighted by Crippen LogP contribution is -2.33. The monoisotopic (exact) mass is 192 g/mol. The Bertz CT molecular complexity index is 292. The first kappa shape index (κ1) is 9.60. The van der Waals surface area contributed by atoms with Crippen molar-refractivity contribution >= 4 is 11.5 Å². The van der Waals surface area contributed by atoms with Gasteiger partial charge in [-0.2, -0.15) is 4.79 Å². The summed E-state index contributed by atoms with van der Waals surface area (Å²) in [6.45, 7) is 0. The molecule has 3 heteroatoms. The van der Waals surface area contributed by atoms with Crippen molar-refractivity contribution in [2.45, 2.75) is 51.4 Å². The van der Waals surface area contributed by atoms with Crippen LogP contribution in [0.5, 0.6) is 0 Å². The summed E-state index contributed by atoms with van der Waals surface area (Å²) in [7, 11) is 0. The van der Waals surface area contributed by atoms with Crippen LogP contribution in [0.25, 0.3) is 5.53 Å². The standard InChI is InChI=1S/C11H16N2O/c12-13-9-3-6-11(7-4-9)5-1-2-10(14)8-11/h1-8H2. The van der Waals surface area contributed by atoms with Gasteiger partial charge in [-0.15, -0.1) is 0 Å². The molecule has 2 fully saturated rings. The van der Waals surface area contributed by atoms with Crippen LogP contribution in [0, 0.1) is 5.41 Å². The number of nitrogens with zero attached hydrogens (tertiary/aromatic N) is 2. The summed E-state index contributed by atoms with van der Waals surface area (Å²) >= 11 is 0. The molecule has 0 aromatic heterocycles. The lowest BCUT2D eigenvalue weighted by Gasteiger charge is -2.38. The van der Waals surface area contributed by atoms with E-state index in [1.54, 1.807) is 0 Å². The average Bonchev–Trinajstić information content (AvgIpc) is 2.19. The number of ketones is 1. The Kier molecular flexibility index (Phi) is 2.51. The fraction of sp³-hybridized carbons (Fsp3) is 0.818. The van der Waals surface area contributed by atoms with E-state index in [4.69, 9.17) is 5.53 Å². The Morgan fingerprint density at radius 1 is 1.14 bits per heavy atom. The van der Waals surface area contributed by atoms with E-state index in [0.717, 1.165) is 50.7 Å². The van der Waals surface area contributed by atoms with E-state index in [0.29, 0.717) is 5.78 Å². The van der Waals surface area contributed by atoms with Gasteiger partial charge in [0.05, 0.1) is 0 Å². The first-order chi connectivity index (χ1) is 6.74. The highest BCUT2D eigenvalue weighted by molar-refractivity contribution is 5.82. The Labute approximate surface area is 84.1 Å². The van der Waals surface area contributed by atoms with Crippen LogP contribution in [0.15, 0.2) is 0 Å². The molecule has 76 valence electrons. The van der Waals surface area contributed by atoms with Gasteiger partial charge in [0.2, 0.25) is 0 Å². The van der Waals surface area contributed by atoms with Crippen molar-refractivity contribution in [3.8, 4) is 0 Å². The minimum absolute atomic E-state index is 0.267. The first-order valence-corrected chi connectivity index (χ1v) is 5.46. The van der Waals surface area contributed by atoms with Crippen molar-refractivity contribution in [3.63, 3.8) is 0 Å². The van der Waals surface area contributed by atoms with Crippen molar-refractivity contribution in [2.75, 3.05) is 0 Å². The number of rotatable bonds is 0. The smallest absolute Gasteiger partial charge is 0.268 e. The maximum Gasteiger partial charge on any atom is 0.268 e. The van der Waals surface area contributed by atoms with Crippen LogP contribution in [-0.2, 0) is 4.79 Å². The molecule has 0 aliphatic heterocycles. The Hall–Kier alpha value is -0.950. The van der Waals surface area contributed by atoms with Crippen LogP contribution >= 0.6 is 0 Å². The molecule has 2 aliphatic rings. The van der Waals surface area contributed by atoms with Crippen LogP contribution in [0.3, 0.4) is 0 Å². The van der Waals surface area contributed by atoms with Crippen LogP contribution in [0.1, 0.15) is 51.4 Å². The topological polar surface area (TPSA) is 53.5 Å². The normalized spacial score (nSPS) is 33.1. The third-order valence-electron chi connectivity index (χ3n) is 3.76. The predicted octanol–water partition coefficient (Wildman–Crippen LogP) is 2.36. The fourth-order valence-corrected chi connectivity index (χ4v) is 2.85. The maximum atomic E-state index is 11.4. The van der Waals surface area contributed by atoms with E-state index in [1.165, 1.54) is 6.42 Å². The van der Waals surface area contributed by atoms with E-state index in [2.05, 4.69) is 4.79 Å². The van der Waals surface area contributed by atoms with E-state index >= 15 is 0 Å². The summed E-state index contributed by atoms with van der Waals surface area (Å²) in [4.78, 5) is 14.7. The fourth-order valence-electron chi connectivity index (χ4n) is 2.85. The number of carbonyl (C=O) groups excluding carboxylic acids is 1. The van der Waals surface area contributed by atoms with Gasteiger partial charge in [0.15, 0.2) is 0 Å². The van der Waals surface area contributed by atoms with E-state index in [9.17, 15) is 4.79 Å². The lowest BCUT2D eigenvalue weighted by atomic mass is 9.65. The highest BCUT2D eigenvalue weighted by atomic mass is 16.1. The summed E-state index contributed by atoms with van der Waals surface area (Å²) in [5.74, 6) is 0.431. The first-order valence-electron chi connectivity index (χ1n) is 5.46. The second kappa shape index (κ2) is 3.66. The largest absolute Gasteiger partial charge is 0.362 e. The van der Waals surface area contributed by atoms with Gasteiger partial charge in [-0.3, -0.25) is 4.79 Å². The van der Waals surface area contributed by atoms with Crippen LogP contribution in [0.4, 0.5) is 0 Å². The molecule has 0 saturated heterocycles. The summed E-state index contributed by atoms with van der Waals surface area (Å²) in [5.41, 5.74) is 9.83. The molecule has 0 N–H and O–H groups in total. The van der Waals surface area contributed by atoms with E-state index in [1.807, 2.05) is 0 Å². The molecule has 14 heavy (non-hydrogen) atoms. The zero-order valence-corrected chi connectivity index (χ0v) is 8.46. The van der Waals surface area contributed by atoms with Crippen LogP contribution in [0.2, 0.25) is 0 Å². The molecule has 0 aromatic rings. The lowest BCUT2D eigenvalue weighted by molar-refractivity contribution is -0.124. The second-order valence-electron chi connectivity index (χ2n) is 4.74. The number of hydrogen-bond donors (Lipinski definition) is 0. The zero-order valence-electron chi connectivity index (χ0n) is 8.46. The summed E-state index contributed by atoms with van der Waals surface area (Å²) in [6.07, 6.45) is 7.64. The van der Waals surface area contributed by atoms with Crippen molar-refractivity contribution in [1.82, 2.24) is 0 Å². The second-order valence-corrected chi connectivity index (χ2v) is 4.74. The van der Waals surface area contributed by atoms with Gasteiger partial charge in [0.1, 0.15) is 5.78 Å². The molecular weight excluding hydrogens is 176 g/mol. The van der Waals surface area contributed by atoms with Crippen molar-refractivity contribution < 1.29 is 9.58 Å². The predicted molar refractivity (Wildman–Crippen MR) is 53.0 cm³/mol. The number of hydrogen-bond acceptors (Lipinski definition) is 1. The molecule has 3 nitrogen and oxygen atoms in total. The molecule has 2 saturated carbocycles. The number of Topliss-reactive ketones (excluding diaryl/α,β-unsaturated/α-hetero) is 1. The van der Waals surface area contributed by atoms with Crippen molar-refractivity contribution in [2.24, 2.45) is 5.41 Å². The molecule has 1 spiro atoms. The van der Waals surface area contributed by atoms with Gasteiger partial charge < -0.3 is 5.53 Å². The third-order valence-corrected chi connectivity index (χ3v) is 3.76. The van der Waals surface area contributed by atoms with Gasteiger partial charge >= 0.3 is 0 Å².